The monoisotopic (exact) mass is 397 g/mol. The number of nitrogens with one attached hydrogen (secondary N) is 1. The second kappa shape index (κ2) is 10.5. The number of benzene rings is 1. The molecule has 0 radical (unpaired) electrons. The predicted octanol–water partition coefficient (Wildman–Crippen LogP) is 0.709. The van der Waals surface area contributed by atoms with Gasteiger partial charge in [0.25, 0.3) is 0 Å². The number of halogens is 1. The summed E-state index contributed by atoms with van der Waals surface area (Å²) < 4.78 is 10.6. The highest BCUT2D eigenvalue weighted by Gasteiger charge is 2.26. The smallest absolute Gasteiger partial charge is 0.227 e. The third-order valence-corrected chi connectivity index (χ3v) is 4.89. The molecule has 1 atom stereocenters. The highest BCUT2D eigenvalue weighted by atomic mass is 35.5. The van der Waals surface area contributed by atoms with E-state index in [9.17, 15) is 9.59 Å². The molecule has 1 N–H and O–H groups in total. The van der Waals surface area contributed by atoms with E-state index in [1.165, 1.54) is 0 Å². The first-order valence-electron chi connectivity index (χ1n) is 9.15. The lowest BCUT2D eigenvalue weighted by molar-refractivity contribution is -0.139. The summed E-state index contributed by atoms with van der Waals surface area (Å²) in [5.74, 6) is 0.978. The molecule has 2 aliphatic rings. The molecular formula is C19H28ClN3O4. The summed E-state index contributed by atoms with van der Waals surface area (Å²) in [7, 11) is 1.62. The van der Waals surface area contributed by atoms with E-state index in [2.05, 4.69) is 5.32 Å². The van der Waals surface area contributed by atoms with E-state index in [1.807, 2.05) is 34.1 Å². The van der Waals surface area contributed by atoms with E-state index < -0.39 is 0 Å². The fraction of sp³-hybridized carbons (Fsp3) is 0.579. The van der Waals surface area contributed by atoms with Gasteiger partial charge in [-0.25, -0.2) is 0 Å². The minimum Gasteiger partial charge on any atom is -0.497 e. The number of morpholine rings is 1. The van der Waals surface area contributed by atoms with Crippen molar-refractivity contribution in [2.45, 2.75) is 18.9 Å². The van der Waals surface area contributed by atoms with Crippen LogP contribution in [0.25, 0.3) is 0 Å². The quantitative estimate of drug-likeness (QED) is 0.792. The predicted molar refractivity (Wildman–Crippen MR) is 104 cm³/mol. The summed E-state index contributed by atoms with van der Waals surface area (Å²) in [6.45, 7) is 4.45. The molecule has 0 bridgehead atoms. The SMILES string of the molecule is COc1cccc(CC(=O)N2CCN(C(=O)CC3COCCN3)CC2)c1.Cl. The normalized spacial score (nSPS) is 20.0. The fourth-order valence-electron chi connectivity index (χ4n) is 3.36. The molecule has 0 spiro atoms. The van der Waals surface area contributed by atoms with Gasteiger partial charge in [-0.05, 0) is 17.7 Å². The highest BCUT2D eigenvalue weighted by molar-refractivity contribution is 5.85. The van der Waals surface area contributed by atoms with Gasteiger partial charge in [0.15, 0.2) is 0 Å². The van der Waals surface area contributed by atoms with Crippen molar-refractivity contribution in [1.29, 1.82) is 0 Å². The second-order valence-corrected chi connectivity index (χ2v) is 6.72. The zero-order valence-corrected chi connectivity index (χ0v) is 16.5. The number of ether oxygens (including phenoxy) is 2. The Bertz CT molecular complexity index is 629. The van der Waals surface area contributed by atoms with E-state index in [0.29, 0.717) is 52.2 Å². The van der Waals surface area contributed by atoms with Crippen LogP contribution in [0, 0.1) is 0 Å². The zero-order chi connectivity index (χ0) is 18.4. The van der Waals surface area contributed by atoms with Gasteiger partial charge in [0.05, 0.1) is 26.7 Å². The number of hydrogen-bond acceptors (Lipinski definition) is 5. The lowest BCUT2D eigenvalue weighted by Crippen LogP contribution is -2.52. The van der Waals surface area contributed by atoms with Crippen molar-refractivity contribution >= 4 is 24.2 Å². The zero-order valence-electron chi connectivity index (χ0n) is 15.7. The van der Waals surface area contributed by atoms with Gasteiger partial charge in [-0.3, -0.25) is 9.59 Å². The van der Waals surface area contributed by atoms with Crippen molar-refractivity contribution in [1.82, 2.24) is 15.1 Å². The van der Waals surface area contributed by atoms with Gasteiger partial charge in [-0.2, -0.15) is 0 Å². The van der Waals surface area contributed by atoms with Crippen LogP contribution in [0.1, 0.15) is 12.0 Å². The number of piperazine rings is 1. The van der Waals surface area contributed by atoms with Crippen LogP contribution in [-0.2, 0) is 20.7 Å². The Balaban J connectivity index is 0.00000261. The van der Waals surface area contributed by atoms with Crippen LogP contribution in [-0.4, -0.2) is 80.7 Å². The molecule has 2 saturated heterocycles. The van der Waals surface area contributed by atoms with E-state index in [0.717, 1.165) is 17.9 Å². The summed E-state index contributed by atoms with van der Waals surface area (Å²) in [5.41, 5.74) is 0.941. The van der Waals surface area contributed by atoms with Crippen molar-refractivity contribution in [3.63, 3.8) is 0 Å². The molecular weight excluding hydrogens is 370 g/mol. The van der Waals surface area contributed by atoms with Crippen molar-refractivity contribution in [3.8, 4) is 5.75 Å². The number of nitrogens with zero attached hydrogens (tertiary/aromatic N) is 2. The van der Waals surface area contributed by atoms with Crippen molar-refractivity contribution < 1.29 is 19.1 Å². The number of carbonyl (C=O) groups excluding carboxylic acids is 2. The molecule has 1 unspecified atom stereocenters. The number of methoxy groups -OCH3 is 1. The van der Waals surface area contributed by atoms with Gasteiger partial charge in [0, 0.05) is 45.2 Å². The van der Waals surface area contributed by atoms with Gasteiger partial charge in [-0.1, -0.05) is 12.1 Å². The number of hydrogen-bond donors (Lipinski definition) is 1. The standard InChI is InChI=1S/C19H27N3O4.ClH/c1-25-17-4-2-3-15(11-17)12-18(23)21-6-8-22(9-7-21)19(24)13-16-14-26-10-5-20-16;/h2-4,11,16,20H,5-10,12-14H2,1H3;1H. The summed E-state index contributed by atoms with van der Waals surface area (Å²) >= 11 is 0. The minimum atomic E-state index is 0. The summed E-state index contributed by atoms with van der Waals surface area (Å²) in [6, 6.07) is 7.67. The summed E-state index contributed by atoms with van der Waals surface area (Å²) in [4.78, 5) is 28.6. The Labute approximate surface area is 166 Å². The number of rotatable bonds is 5. The molecule has 2 fully saturated rings. The van der Waals surface area contributed by atoms with Crippen LogP contribution in [0.4, 0.5) is 0 Å². The van der Waals surface area contributed by atoms with Crippen molar-refractivity contribution in [2.75, 3.05) is 53.0 Å². The van der Waals surface area contributed by atoms with E-state index in [1.54, 1.807) is 7.11 Å². The summed E-state index contributed by atoms with van der Waals surface area (Å²) in [6.07, 6.45) is 0.812. The number of amides is 2. The van der Waals surface area contributed by atoms with Crippen LogP contribution >= 0.6 is 12.4 Å². The molecule has 0 aromatic heterocycles. The third kappa shape index (κ3) is 6.09. The molecule has 2 aliphatic heterocycles. The molecule has 0 saturated carbocycles. The molecule has 2 heterocycles. The first-order valence-corrected chi connectivity index (χ1v) is 9.15. The minimum absolute atomic E-state index is 0. The van der Waals surface area contributed by atoms with Crippen LogP contribution in [0.5, 0.6) is 5.75 Å². The van der Waals surface area contributed by atoms with Gasteiger partial charge in [-0.15, -0.1) is 12.4 Å². The van der Waals surface area contributed by atoms with Crippen molar-refractivity contribution in [3.05, 3.63) is 29.8 Å². The Morgan fingerprint density at radius 1 is 1.19 bits per heavy atom. The topological polar surface area (TPSA) is 71.1 Å². The Hall–Kier alpha value is -1.83. The average molecular weight is 398 g/mol. The van der Waals surface area contributed by atoms with Crippen LogP contribution in [0.15, 0.2) is 24.3 Å². The molecule has 0 aliphatic carbocycles. The Kier molecular flexibility index (Phi) is 8.34. The second-order valence-electron chi connectivity index (χ2n) is 6.72. The first-order chi connectivity index (χ1) is 12.7. The average Bonchev–Trinajstić information content (AvgIpc) is 2.69. The maximum absolute atomic E-state index is 12.5. The number of carbonyl (C=O) groups is 2. The summed E-state index contributed by atoms with van der Waals surface area (Å²) in [5, 5.41) is 3.31. The molecule has 7 nitrogen and oxygen atoms in total. The van der Waals surface area contributed by atoms with Crippen LogP contribution in [0.3, 0.4) is 0 Å². The van der Waals surface area contributed by atoms with E-state index in [4.69, 9.17) is 9.47 Å². The molecule has 2 amide bonds. The van der Waals surface area contributed by atoms with Gasteiger partial charge in [0.2, 0.25) is 11.8 Å². The maximum atomic E-state index is 12.5. The van der Waals surface area contributed by atoms with Gasteiger partial charge < -0.3 is 24.6 Å². The third-order valence-electron chi connectivity index (χ3n) is 4.89. The van der Waals surface area contributed by atoms with Gasteiger partial charge >= 0.3 is 0 Å². The molecule has 1 aromatic carbocycles. The highest BCUT2D eigenvalue weighted by Crippen LogP contribution is 2.15. The largest absolute Gasteiger partial charge is 0.497 e. The molecule has 8 heteroatoms. The lowest BCUT2D eigenvalue weighted by Gasteiger charge is -2.36. The van der Waals surface area contributed by atoms with Gasteiger partial charge in [0.1, 0.15) is 5.75 Å². The molecule has 27 heavy (non-hydrogen) atoms. The van der Waals surface area contributed by atoms with Crippen LogP contribution < -0.4 is 10.1 Å². The van der Waals surface area contributed by atoms with Crippen molar-refractivity contribution in [2.24, 2.45) is 0 Å². The molecule has 150 valence electrons. The fourth-order valence-corrected chi connectivity index (χ4v) is 3.36. The van der Waals surface area contributed by atoms with E-state index >= 15 is 0 Å². The lowest BCUT2D eigenvalue weighted by atomic mass is 10.1. The Morgan fingerprint density at radius 3 is 2.52 bits per heavy atom. The van der Waals surface area contributed by atoms with Crippen LogP contribution in [0.2, 0.25) is 0 Å². The Morgan fingerprint density at radius 2 is 1.89 bits per heavy atom. The molecule has 1 aromatic rings. The maximum Gasteiger partial charge on any atom is 0.227 e. The molecule has 3 rings (SSSR count). The van der Waals surface area contributed by atoms with E-state index in [-0.39, 0.29) is 30.3 Å². The first kappa shape index (κ1) is 21.5.